The van der Waals surface area contributed by atoms with E-state index in [2.05, 4.69) is 37.2 Å². The Morgan fingerprint density at radius 1 is 1.06 bits per heavy atom. The van der Waals surface area contributed by atoms with Crippen LogP contribution >= 0.6 is 31.9 Å². The fourth-order valence-electron chi connectivity index (χ4n) is 2.91. The molecule has 0 radical (unpaired) electrons. The molecule has 0 aromatic heterocycles. The number of para-hydroxylation sites is 2. The molecule has 1 N–H and O–H groups in total. The first kappa shape index (κ1) is 22.6. The summed E-state index contributed by atoms with van der Waals surface area (Å²) in [4.78, 5) is 35.9. The zero-order valence-electron chi connectivity index (χ0n) is 16.2. The molecule has 0 saturated carbocycles. The number of hydrogen-bond acceptors (Lipinski definition) is 5. The summed E-state index contributed by atoms with van der Waals surface area (Å²) in [6.45, 7) is 1.80. The number of aryl methyl sites for hydroxylation is 1. The van der Waals surface area contributed by atoms with E-state index >= 15 is 0 Å². The van der Waals surface area contributed by atoms with Gasteiger partial charge in [-0.05, 0) is 52.7 Å². The van der Waals surface area contributed by atoms with Crippen LogP contribution in [0.5, 0.6) is 5.75 Å². The molecular formula is C22H16Br2N2O5. The molecule has 3 aromatic rings. The van der Waals surface area contributed by atoms with Gasteiger partial charge >= 0.3 is 5.97 Å². The van der Waals surface area contributed by atoms with Crippen molar-refractivity contribution in [1.82, 2.24) is 0 Å². The first-order valence-corrected chi connectivity index (χ1v) is 10.6. The van der Waals surface area contributed by atoms with Crippen LogP contribution in [-0.4, -0.2) is 16.8 Å². The summed E-state index contributed by atoms with van der Waals surface area (Å²) in [7, 11) is 0. The summed E-state index contributed by atoms with van der Waals surface area (Å²) in [5, 5.41) is 13.7. The van der Waals surface area contributed by atoms with Crippen molar-refractivity contribution < 1.29 is 19.2 Å². The second-order valence-corrected chi connectivity index (χ2v) is 8.35. The van der Waals surface area contributed by atoms with E-state index in [-0.39, 0.29) is 23.5 Å². The van der Waals surface area contributed by atoms with Crippen LogP contribution in [0.3, 0.4) is 0 Å². The number of benzene rings is 3. The minimum absolute atomic E-state index is 0.0880. The number of rotatable bonds is 6. The van der Waals surface area contributed by atoms with Crippen molar-refractivity contribution in [3.05, 3.63) is 96.4 Å². The summed E-state index contributed by atoms with van der Waals surface area (Å²) >= 11 is 6.74. The van der Waals surface area contributed by atoms with Gasteiger partial charge in [-0.3, -0.25) is 14.9 Å². The molecule has 9 heteroatoms. The van der Waals surface area contributed by atoms with Gasteiger partial charge in [0.2, 0.25) is 5.91 Å². The SMILES string of the molecule is Cc1ccccc1C(=O)Oc1c(Br)cc(Br)cc1CC(=O)Nc1ccccc1[N+](=O)[O-]. The molecule has 0 unspecified atom stereocenters. The summed E-state index contributed by atoms with van der Waals surface area (Å²) in [5.74, 6) is -0.844. The van der Waals surface area contributed by atoms with Gasteiger partial charge in [0.15, 0.2) is 0 Å². The van der Waals surface area contributed by atoms with Gasteiger partial charge < -0.3 is 10.1 Å². The van der Waals surface area contributed by atoms with Gasteiger partial charge in [-0.25, -0.2) is 4.79 Å². The largest absolute Gasteiger partial charge is 0.421 e. The fourth-order valence-corrected chi connectivity index (χ4v) is 4.31. The Bertz CT molecular complexity index is 1180. The van der Waals surface area contributed by atoms with Crippen LogP contribution in [0.1, 0.15) is 21.5 Å². The summed E-state index contributed by atoms with van der Waals surface area (Å²) in [6.07, 6.45) is -0.166. The Morgan fingerprint density at radius 3 is 2.45 bits per heavy atom. The Hall–Kier alpha value is -3.04. The van der Waals surface area contributed by atoms with Crippen molar-refractivity contribution in [2.75, 3.05) is 5.32 Å². The lowest BCUT2D eigenvalue weighted by Gasteiger charge is -2.14. The van der Waals surface area contributed by atoms with Crippen molar-refractivity contribution >= 4 is 55.1 Å². The first-order valence-electron chi connectivity index (χ1n) is 9.05. The predicted molar refractivity (Wildman–Crippen MR) is 123 cm³/mol. The monoisotopic (exact) mass is 546 g/mol. The summed E-state index contributed by atoms with van der Waals surface area (Å²) in [6, 6.07) is 16.2. The molecule has 0 saturated heterocycles. The van der Waals surface area contributed by atoms with Crippen molar-refractivity contribution in [2.45, 2.75) is 13.3 Å². The van der Waals surface area contributed by atoms with Crippen molar-refractivity contribution in [2.24, 2.45) is 0 Å². The van der Waals surface area contributed by atoms with E-state index in [1.165, 1.54) is 18.2 Å². The van der Waals surface area contributed by atoms with Crippen molar-refractivity contribution in [1.29, 1.82) is 0 Å². The molecule has 0 aliphatic heterocycles. The second-order valence-electron chi connectivity index (χ2n) is 6.58. The molecule has 0 spiro atoms. The highest BCUT2D eigenvalue weighted by atomic mass is 79.9. The van der Waals surface area contributed by atoms with E-state index in [0.29, 0.717) is 20.1 Å². The minimum Gasteiger partial charge on any atom is -0.421 e. The molecule has 1 amide bonds. The number of hydrogen-bond donors (Lipinski definition) is 1. The maximum absolute atomic E-state index is 12.7. The number of esters is 1. The van der Waals surface area contributed by atoms with Gasteiger partial charge in [-0.15, -0.1) is 0 Å². The minimum atomic E-state index is -0.569. The van der Waals surface area contributed by atoms with Crippen LogP contribution in [0.25, 0.3) is 0 Å². The molecule has 158 valence electrons. The van der Waals surface area contributed by atoms with E-state index < -0.39 is 16.8 Å². The van der Waals surface area contributed by atoms with E-state index in [0.717, 1.165) is 5.56 Å². The van der Waals surface area contributed by atoms with Crippen molar-refractivity contribution in [3.8, 4) is 5.75 Å². The Kier molecular flexibility index (Phi) is 7.19. The smallest absolute Gasteiger partial charge is 0.343 e. The van der Waals surface area contributed by atoms with Crippen LogP contribution in [0.15, 0.2) is 69.6 Å². The molecule has 0 aliphatic rings. The normalized spacial score (nSPS) is 10.4. The number of carbonyl (C=O) groups is 2. The van der Waals surface area contributed by atoms with Crippen LogP contribution < -0.4 is 10.1 Å². The number of amides is 1. The van der Waals surface area contributed by atoms with Crippen LogP contribution in [0, 0.1) is 17.0 Å². The predicted octanol–water partition coefficient (Wildman–Crippen LogP) is 5.83. The van der Waals surface area contributed by atoms with Gasteiger partial charge in [0.05, 0.1) is 21.4 Å². The third-order valence-electron chi connectivity index (χ3n) is 4.37. The zero-order chi connectivity index (χ0) is 22.5. The third-order valence-corrected chi connectivity index (χ3v) is 5.42. The van der Waals surface area contributed by atoms with Crippen LogP contribution in [0.4, 0.5) is 11.4 Å². The number of carbonyl (C=O) groups excluding carboxylic acids is 2. The molecule has 3 rings (SSSR count). The Morgan fingerprint density at radius 2 is 1.74 bits per heavy atom. The van der Waals surface area contributed by atoms with E-state index in [1.54, 1.807) is 43.3 Å². The van der Waals surface area contributed by atoms with Crippen LogP contribution in [-0.2, 0) is 11.2 Å². The molecular weight excluding hydrogens is 532 g/mol. The number of nitrogens with zero attached hydrogens (tertiary/aromatic N) is 1. The lowest BCUT2D eigenvalue weighted by molar-refractivity contribution is -0.383. The van der Waals surface area contributed by atoms with E-state index in [9.17, 15) is 19.7 Å². The highest BCUT2D eigenvalue weighted by molar-refractivity contribution is 9.11. The molecule has 0 fully saturated rings. The number of nitro benzene ring substituents is 1. The Balaban J connectivity index is 1.86. The fraction of sp³-hybridized carbons (Fsp3) is 0.0909. The molecule has 7 nitrogen and oxygen atoms in total. The Labute approximate surface area is 194 Å². The topological polar surface area (TPSA) is 98.5 Å². The second kappa shape index (κ2) is 9.84. The lowest BCUT2D eigenvalue weighted by Crippen LogP contribution is -2.17. The highest BCUT2D eigenvalue weighted by Gasteiger charge is 2.20. The standard InChI is InChI=1S/C22H16Br2N2O5/c1-13-6-2-3-7-16(13)22(28)31-21-14(10-15(23)12-17(21)24)11-20(27)25-18-8-4-5-9-19(18)26(29)30/h2-10,12H,11H2,1H3,(H,25,27). The van der Waals surface area contributed by atoms with Gasteiger partial charge in [0.25, 0.3) is 5.69 Å². The quantitative estimate of drug-likeness (QED) is 0.181. The molecule has 0 heterocycles. The molecule has 0 bridgehead atoms. The number of anilines is 1. The number of nitro groups is 1. The van der Waals surface area contributed by atoms with Gasteiger partial charge in [-0.2, -0.15) is 0 Å². The number of halogens is 2. The lowest BCUT2D eigenvalue weighted by atomic mass is 10.1. The van der Waals surface area contributed by atoms with Gasteiger partial charge in [-0.1, -0.05) is 46.3 Å². The van der Waals surface area contributed by atoms with E-state index in [1.807, 2.05) is 6.07 Å². The maximum atomic E-state index is 12.7. The van der Waals surface area contributed by atoms with Crippen LogP contribution in [0.2, 0.25) is 0 Å². The highest BCUT2D eigenvalue weighted by Crippen LogP contribution is 2.34. The third kappa shape index (κ3) is 5.56. The van der Waals surface area contributed by atoms with Gasteiger partial charge in [0.1, 0.15) is 11.4 Å². The average molecular weight is 548 g/mol. The zero-order valence-corrected chi connectivity index (χ0v) is 19.4. The maximum Gasteiger partial charge on any atom is 0.343 e. The number of nitrogens with one attached hydrogen (secondary N) is 1. The van der Waals surface area contributed by atoms with Crippen molar-refractivity contribution in [3.63, 3.8) is 0 Å². The van der Waals surface area contributed by atoms with E-state index in [4.69, 9.17) is 4.74 Å². The molecule has 0 atom stereocenters. The summed E-state index contributed by atoms with van der Waals surface area (Å²) < 4.78 is 6.77. The molecule has 3 aromatic carbocycles. The number of ether oxygens (including phenoxy) is 1. The molecule has 0 aliphatic carbocycles. The first-order chi connectivity index (χ1) is 14.8. The molecule has 31 heavy (non-hydrogen) atoms. The average Bonchev–Trinajstić information content (AvgIpc) is 2.71. The van der Waals surface area contributed by atoms with Gasteiger partial charge in [0, 0.05) is 16.1 Å². The summed E-state index contributed by atoms with van der Waals surface area (Å²) in [5.41, 5.74) is 1.48.